The van der Waals surface area contributed by atoms with Crippen LogP contribution in [0.5, 0.6) is 0 Å². The van der Waals surface area contributed by atoms with Gasteiger partial charge in [-0.3, -0.25) is 4.79 Å². The van der Waals surface area contributed by atoms with E-state index < -0.39 is 0 Å². The van der Waals surface area contributed by atoms with E-state index in [1.54, 1.807) is 0 Å². The Kier molecular flexibility index (Phi) is 3.17. The maximum atomic E-state index is 12.0. The second-order valence-corrected chi connectivity index (χ2v) is 5.25. The Bertz CT molecular complexity index is 795. The van der Waals surface area contributed by atoms with Gasteiger partial charge in [-0.1, -0.05) is 40.2 Å². The van der Waals surface area contributed by atoms with Crippen LogP contribution in [0.25, 0.3) is 11.0 Å². The number of para-hydroxylation sites is 2. The van der Waals surface area contributed by atoms with Gasteiger partial charge in [0.25, 0.3) is 5.56 Å². The number of hydrogen-bond acceptors (Lipinski definition) is 2. The van der Waals surface area contributed by atoms with Crippen LogP contribution in [0.3, 0.4) is 0 Å². The summed E-state index contributed by atoms with van der Waals surface area (Å²) in [5.74, 6) is 0. The summed E-state index contributed by atoms with van der Waals surface area (Å²) in [4.78, 5) is 19.3. The Morgan fingerprint density at radius 1 is 1.11 bits per heavy atom. The molecule has 19 heavy (non-hydrogen) atoms. The first-order valence-electron chi connectivity index (χ1n) is 5.95. The van der Waals surface area contributed by atoms with E-state index in [0.29, 0.717) is 12.1 Å². The van der Waals surface area contributed by atoms with Gasteiger partial charge in [-0.2, -0.15) is 0 Å². The van der Waals surface area contributed by atoms with E-state index in [1.807, 2.05) is 48.5 Å². The number of hydrogen-bond donors (Lipinski definition) is 1. The molecule has 0 spiro atoms. The Hall–Kier alpha value is -1.94. The molecule has 0 amide bonds. The van der Waals surface area contributed by atoms with Crippen molar-refractivity contribution in [2.24, 2.45) is 0 Å². The summed E-state index contributed by atoms with van der Waals surface area (Å²) in [6.07, 6.45) is 0.527. The second-order valence-electron chi connectivity index (χ2n) is 4.34. The average molecular weight is 315 g/mol. The van der Waals surface area contributed by atoms with Crippen LogP contribution >= 0.6 is 15.9 Å². The molecule has 0 atom stereocenters. The molecule has 0 aliphatic heterocycles. The SMILES string of the molecule is O=c1[nH]c2ccccc2nc1Cc1cccc(Br)c1. The van der Waals surface area contributed by atoms with E-state index in [0.717, 1.165) is 21.1 Å². The third-order valence-corrected chi connectivity index (χ3v) is 3.42. The summed E-state index contributed by atoms with van der Waals surface area (Å²) in [6, 6.07) is 15.4. The first kappa shape index (κ1) is 12.1. The monoisotopic (exact) mass is 314 g/mol. The molecule has 94 valence electrons. The number of H-pyrrole nitrogens is 1. The molecule has 0 aliphatic carbocycles. The quantitative estimate of drug-likeness (QED) is 0.789. The van der Waals surface area contributed by atoms with Crippen LogP contribution in [0.2, 0.25) is 0 Å². The molecule has 4 heteroatoms. The minimum atomic E-state index is -0.126. The molecule has 1 heterocycles. The van der Waals surface area contributed by atoms with E-state index >= 15 is 0 Å². The highest BCUT2D eigenvalue weighted by Gasteiger charge is 2.05. The molecule has 3 aromatic rings. The molecule has 3 nitrogen and oxygen atoms in total. The van der Waals surface area contributed by atoms with E-state index in [2.05, 4.69) is 25.9 Å². The van der Waals surface area contributed by atoms with E-state index in [4.69, 9.17) is 0 Å². The minimum absolute atomic E-state index is 0.126. The van der Waals surface area contributed by atoms with Crippen molar-refractivity contribution in [3.8, 4) is 0 Å². The zero-order chi connectivity index (χ0) is 13.2. The number of halogens is 1. The Balaban J connectivity index is 2.05. The van der Waals surface area contributed by atoms with Gasteiger partial charge >= 0.3 is 0 Å². The van der Waals surface area contributed by atoms with Gasteiger partial charge in [-0.15, -0.1) is 0 Å². The topological polar surface area (TPSA) is 45.8 Å². The number of aromatic amines is 1. The molecule has 0 aliphatic rings. The van der Waals surface area contributed by atoms with Crippen LogP contribution in [0, 0.1) is 0 Å². The molecule has 1 aromatic heterocycles. The van der Waals surface area contributed by atoms with Crippen LogP contribution in [0.1, 0.15) is 11.3 Å². The number of fused-ring (bicyclic) bond motifs is 1. The van der Waals surface area contributed by atoms with Crippen molar-refractivity contribution in [3.63, 3.8) is 0 Å². The lowest BCUT2D eigenvalue weighted by Gasteiger charge is -2.03. The van der Waals surface area contributed by atoms with Crippen LogP contribution in [0.4, 0.5) is 0 Å². The van der Waals surface area contributed by atoms with Crippen LogP contribution in [-0.4, -0.2) is 9.97 Å². The predicted molar refractivity (Wildman–Crippen MR) is 79.3 cm³/mol. The minimum Gasteiger partial charge on any atom is -0.319 e. The van der Waals surface area contributed by atoms with Gasteiger partial charge in [0, 0.05) is 10.9 Å². The van der Waals surface area contributed by atoms with Crippen molar-refractivity contribution in [1.29, 1.82) is 0 Å². The molecular weight excluding hydrogens is 304 g/mol. The maximum Gasteiger partial charge on any atom is 0.270 e. The summed E-state index contributed by atoms with van der Waals surface area (Å²) in [5, 5.41) is 0. The molecule has 0 bridgehead atoms. The van der Waals surface area contributed by atoms with Crippen LogP contribution in [0.15, 0.2) is 57.8 Å². The standard InChI is InChI=1S/C15H11BrN2O/c16-11-5-3-4-10(8-11)9-14-15(19)18-13-7-2-1-6-12(13)17-14/h1-8H,9H2,(H,18,19). The van der Waals surface area contributed by atoms with Crippen LogP contribution < -0.4 is 5.56 Å². The highest BCUT2D eigenvalue weighted by Crippen LogP contribution is 2.14. The largest absolute Gasteiger partial charge is 0.319 e. The van der Waals surface area contributed by atoms with Gasteiger partial charge in [-0.05, 0) is 29.8 Å². The smallest absolute Gasteiger partial charge is 0.270 e. The lowest BCUT2D eigenvalue weighted by atomic mass is 10.1. The fourth-order valence-corrected chi connectivity index (χ4v) is 2.47. The Labute approximate surface area is 118 Å². The first-order valence-corrected chi connectivity index (χ1v) is 6.74. The first-order chi connectivity index (χ1) is 9.22. The molecule has 0 unspecified atom stereocenters. The van der Waals surface area contributed by atoms with Crippen molar-refractivity contribution < 1.29 is 0 Å². The third kappa shape index (κ3) is 2.58. The zero-order valence-electron chi connectivity index (χ0n) is 10.1. The van der Waals surface area contributed by atoms with E-state index in [9.17, 15) is 4.79 Å². The normalized spacial score (nSPS) is 10.8. The van der Waals surface area contributed by atoms with Gasteiger partial charge in [0.15, 0.2) is 0 Å². The number of nitrogens with one attached hydrogen (secondary N) is 1. The van der Waals surface area contributed by atoms with Crippen molar-refractivity contribution in [2.45, 2.75) is 6.42 Å². The van der Waals surface area contributed by atoms with Crippen molar-refractivity contribution in [1.82, 2.24) is 9.97 Å². The highest BCUT2D eigenvalue weighted by atomic mass is 79.9. The van der Waals surface area contributed by atoms with Crippen molar-refractivity contribution >= 4 is 27.0 Å². The van der Waals surface area contributed by atoms with E-state index in [-0.39, 0.29) is 5.56 Å². The van der Waals surface area contributed by atoms with Gasteiger partial charge in [0.2, 0.25) is 0 Å². The lowest BCUT2D eigenvalue weighted by molar-refractivity contribution is 1.03. The van der Waals surface area contributed by atoms with Crippen LogP contribution in [-0.2, 0) is 6.42 Å². The molecule has 0 fully saturated rings. The van der Waals surface area contributed by atoms with Crippen molar-refractivity contribution in [3.05, 3.63) is 74.6 Å². The second kappa shape index (κ2) is 4.97. The molecule has 0 radical (unpaired) electrons. The molecule has 0 saturated carbocycles. The highest BCUT2D eigenvalue weighted by molar-refractivity contribution is 9.10. The number of aromatic nitrogens is 2. The maximum absolute atomic E-state index is 12.0. The van der Waals surface area contributed by atoms with Gasteiger partial charge in [0.05, 0.1) is 11.0 Å². The fraction of sp³-hybridized carbons (Fsp3) is 0.0667. The summed E-state index contributed by atoms with van der Waals surface area (Å²) >= 11 is 3.43. The molecule has 0 saturated heterocycles. The predicted octanol–water partition coefficient (Wildman–Crippen LogP) is 3.28. The number of benzene rings is 2. The number of rotatable bonds is 2. The fourth-order valence-electron chi connectivity index (χ4n) is 2.03. The van der Waals surface area contributed by atoms with E-state index in [1.165, 1.54) is 0 Å². The Morgan fingerprint density at radius 3 is 2.79 bits per heavy atom. The lowest BCUT2D eigenvalue weighted by Crippen LogP contribution is -2.15. The molecular formula is C15H11BrN2O. The molecule has 1 N–H and O–H groups in total. The summed E-state index contributed by atoms with van der Waals surface area (Å²) in [6.45, 7) is 0. The molecule has 2 aromatic carbocycles. The van der Waals surface area contributed by atoms with Crippen molar-refractivity contribution in [2.75, 3.05) is 0 Å². The average Bonchev–Trinajstić information content (AvgIpc) is 2.40. The third-order valence-electron chi connectivity index (χ3n) is 2.93. The Morgan fingerprint density at radius 2 is 1.95 bits per heavy atom. The van der Waals surface area contributed by atoms with Gasteiger partial charge in [0.1, 0.15) is 5.69 Å². The summed E-state index contributed by atoms with van der Waals surface area (Å²) in [7, 11) is 0. The van der Waals surface area contributed by atoms with Gasteiger partial charge < -0.3 is 4.98 Å². The zero-order valence-corrected chi connectivity index (χ0v) is 11.6. The number of nitrogens with zero attached hydrogens (tertiary/aromatic N) is 1. The van der Waals surface area contributed by atoms with Gasteiger partial charge in [-0.25, -0.2) is 4.98 Å². The summed E-state index contributed by atoms with van der Waals surface area (Å²) in [5.41, 5.74) is 3.05. The summed E-state index contributed by atoms with van der Waals surface area (Å²) < 4.78 is 1.00. The molecule has 3 rings (SSSR count).